The minimum Gasteiger partial charge on any atom is -0.493 e. The van der Waals surface area contributed by atoms with Gasteiger partial charge in [0.15, 0.2) is 23.9 Å². The number of benzene rings is 2. The van der Waals surface area contributed by atoms with Crippen LogP contribution in [0.3, 0.4) is 0 Å². The van der Waals surface area contributed by atoms with Gasteiger partial charge in [0, 0.05) is 5.56 Å². The number of hydrogen-bond donors (Lipinski definition) is 1. The molecule has 0 aliphatic heterocycles. The summed E-state index contributed by atoms with van der Waals surface area (Å²) in [5, 5.41) is 2.64. The number of hydrogen-bond acceptors (Lipinski definition) is 5. The molecule has 2 rings (SSSR count). The van der Waals surface area contributed by atoms with Crippen LogP contribution in [0.25, 0.3) is 0 Å². The van der Waals surface area contributed by atoms with Crippen LogP contribution in [0.4, 0.5) is 4.39 Å². The Bertz CT molecular complexity index is 761. The number of methoxy groups -OCH3 is 1. The van der Waals surface area contributed by atoms with Crippen molar-refractivity contribution in [3.05, 3.63) is 53.8 Å². The third-order valence-electron chi connectivity index (χ3n) is 3.44. The van der Waals surface area contributed by atoms with Gasteiger partial charge >= 0.3 is 0 Å². The maximum Gasteiger partial charge on any atom is 0.258 e. The summed E-state index contributed by atoms with van der Waals surface area (Å²) < 4.78 is 28.7. The van der Waals surface area contributed by atoms with Crippen molar-refractivity contribution in [1.82, 2.24) is 5.32 Å². The van der Waals surface area contributed by atoms with E-state index in [1.165, 1.54) is 38.3 Å². The maximum absolute atomic E-state index is 12.8. The van der Waals surface area contributed by atoms with Crippen LogP contribution in [0.1, 0.15) is 17.3 Å². The molecule has 1 N–H and O–H groups in total. The van der Waals surface area contributed by atoms with E-state index in [2.05, 4.69) is 5.32 Å². The number of amides is 1. The summed E-state index contributed by atoms with van der Waals surface area (Å²) in [4.78, 5) is 23.2. The van der Waals surface area contributed by atoms with Crippen LogP contribution in [0.15, 0.2) is 42.5 Å². The number of Topliss-reactive ketones (excluding diaryl/α,β-unsaturated/α-hetero) is 1. The van der Waals surface area contributed by atoms with Gasteiger partial charge in [-0.3, -0.25) is 9.59 Å². The van der Waals surface area contributed by atoms with E-state index in [0.29, 0.717) is 22.8 Å². The number of nitrogens with one attached hydrogen (secondary N) is 1. The van der Waals surface area contributed by atoms with Crippen LogP contribution in [-0.2, 0) is 4.79 Å². The number of carbonyl (C=O) groups excluding carboxylic acids is 2. The van der Waals surface area contributed by atoms with E-state index in [4.69, 9.17) is 14.2 Å². The molecule has 0 aromatic heterocycles. The Morgan fingerprint density at radius 3 is 2.42 bits per heavy atom. The monoisotopic (exact) mass is 361 g/mol. The highest BCUT2D eigenvalue weighted by Crippen LogP contribution is 2.28. The van der Waals surface area contributed by atoms with Crippen LogP contribution in [0.2, 0.25) is 0 Å². The van der Waals surface area contributed by atoms with Crippen molar-refractivity contribution in [3.63, 3.8) is 0 Å². The number of ketones is 1. The van der Waals surface area contributed by atoms with Gasteiger partial charge in [-0.05, 0) is 49.4 Å². The molecule has 0 radical (unpaired) electrons. The van der Waals surface area contributed by atoms with E-state index < -0.39 is 0 Å². The standard InChI is InChI=1S/C19H20FNO5/c1-13(22)14-3-8-17(18(11-14)24-2)26-12-19(23)21-9-10-25-16-6-4-15(20)5-7-16/h3-8,11H,9-10,12H2,1-2H3,(H,21,23). The summed E-state index contributed by atoms with van der Waals surface area (Å²) in [5.41, 5.74) is 0.497. The SMILES string of the molecule is COc1cc(C(C)=O)ccc1OCC(=O)NCCOc1ccc(F)cc1. The summed E-state index contributed by atoms with van der Waals surface area (Å²) in [7, 11) is 1.46. The Hall–Kier alpha value is -3.09. The van der Waals surface area contributed by atoms with Crippen LogP contribution in [0, 0.1) is 5.82 Å². The Kier molecular flexibility index (Phi) is 6.96. The van der Waals surface area contributed by atoms with Crippen LogP contribution in [-0.4, -0.2) is 38.6 Å². The van der Waals surface area contributed by atoms with E-state index >= 15 is 0 Å². The Morgan fingerprint density at radius 2 is 1.77 bits per heavy atom. The fourth-order valence-corrected chi connectivity index (χ4v) is 2.09. The van der Waals surface area contributed by atoms with Gasteiger partial charge in [0.1, 0.15) is 18.2 Å². The summed E-state index contributed by atoms with van der Waals surface area (Å²) in [6.07, 6.45) is 0. The zero-order valence-corrected chi connectivity index (χ0v) is 14.6. The maximum atomic E-state index is 12.8. The summed E-state index contributed by atoms with van der Waals surface area (Å²) in [6.45, 7) is 1.77. The number of halogens is 1. The normalized spacial score (nSPS) is 10.1. The van der Waals surface area contributed by atoms with Gasteiger partial charge in [0.2, 0.25) is 0 Å². The molecule has 138 valence electrons. The average molecular weight is 361 g/mol. The van der Waals surface area contributed by atoms with Crippen LogP contribution >= 0.6 is 0 Å². The van der Waals surface area contributed by atoms with Crippen molar-refractivity contribution >= 4 is 11.7 Å². The smallest absolute Gasteiger partial charge is 0.258 e. The van der Waals surface area contributed by atoms with E-state index in [0.717, 1.165) is 0 Å². The summed E-state index contributed by atoms with van der Waals surface area (Å²) >= 11 is 0. The largest absolute Gasteiger partial charge is 0.493 e. The topological polar surface area (TPSA) is 73.9 Å². The Balaban J connectivity index is 1.74. The minimum atomic E-state index is -0.338. The highest BCUT2D eigenvalue weighted by molar-refractivity contribution is 5.94. The van der Waals surface area contributed by atoms with Gasteiger partial charge in [-0.25, -0.2) is 4.39 Å². The molecule has 1 amide bonds. The summed E-state index contributed by atoms with van der Waals surface area (Å²) in [6, 6.07) is 10.4. The van der Waals surface area contributed by atoms with Crippen molar-refractivity contribution in [3.8, 4) is 17.2 Å². The lowest BCUT2D eigenvalue weighted by molar-refractivity contribution is -0.123. The van der Waals surface area contributed by atoms with Crippen molar-refractivity contribution < 1.29 is 28.2 Å². The first-order valence-corrected chi connectivity index (χ1v) is 7.96. The van der Waals surface area contributed by atoms with Gasteiger partial charge in [-0.2, -0.15) is 0 Å². The molecular formula is C19H20FNO5. The zero-order chi connectivity index (χ0) is 18.9. The fraction of sp³-hybridized carbons (Fsp3) is 0.263. The van der Waals surface area contributed by atoms with Gasteiger partial charge in [-0.15, -0.1) is 0 Å². The lowest BCUT2D eigenvalue weighted by atomic mass is 10.1. The van der Waals surface area contributed by atoms with E-state index in [9.17, 15) is 14.0 Å². The molecule has 0 bridgehead atoms. The second kappa shape index (κ2) is 9.41. The highest BCUT2D eigenvalue weighted by Gasteiger charge is 2.10. The predicted octanol–water partition coefficient (Wildman–Crippen LogP) is 2.61. The molecule has 2 aromatic rings. The fourth-order valence-electron chi connectivity index (χ4n) is 2.09. The second-order valence-corrected chi connectivity index (χ2v) is 5.36. The Labute approximate surface area is 150 Å². The predicted molar refractivity (Wildman–Crippen MR) is 93.4 cm³/mol. The molecule has 0 saturated carbocycles. The lowest BCUT2D eigenvalue weighted by Crippen LogP contribution is -2.32. The Morgan fingerprint density at radius 1 is 1.04 bits per heavy atom. The number of carbonyl (C=O) groups is 2. The second-order valence-electron chi connectivity index (χ2n) is 5.36. The van der Waals surface area contributed by atoms with E-state index in [1.807, 2.05) is 0 Å². The van der Waals surface area contributed by atoms with Crippen molar-refractivity contribution in [2.45, 2.75) is 6.92 Å². The third-order valence-corrected chi connectivity index (χ3v) is 3.44. The molecule has 0 aliphatic carbocycles. The first-order valence-electron chi connectivity index (χ1n) is 7.96. The lowest BCUT2D eigenvalue weighted by Gasteiger charge is -2.12. The van der Waals surface area contributed by atoms with Gasteiger partial charge in [0.05, 0.1) is 13.7 Å². The van der Waals surface area contributed by atoms with Crippen LogP contribution < -0.4 is 19.5 Å². The van der Waals surface area contributed by atoms with Crippen LogP contribution in [0.5, 0.6) is 17.2 Å². The molecule has 0 fully saturated rings. The third kappa shape index (κ3) is 5.77. The van der Waals surface area contributed by atoms with Crippen molar-refractivity contribution in [2.75, 3.05) is 26.9 Å². The van der Waals surface area contributed by atoms with E-state index in [-0.39, 0.29) is 37.3 Å². The quantitative estimate of drug-likeness (QED) is 0.549. The molecule has 0 spiro atoms. The van der Waals surface area contributed by atoms with Gasteiger partial charge < -0.3 is 19.5 Å². The van der Waals surface area contributed by atoms with E-state index in [1.54, 1.807) is 18.2 Å². The molecular weight excluding hydrogens is 341 g/mol. The number of rotatable bonds is 9. The average Bonchev–Trinajstić information content (AvgIpc) is 2.64. The summed E-state index contributed by atoms with van der Waals surface area (Å²) in [5.74, 6) is 0.515. The molecule has 6 nitrogen and oxygen atoms in total. The highest BCUT2D eigenvalue weighted by atomic mass is 19.1. The molecule has 2 aromatic carbocycles. The minimum absolute atomic E-state index is 0.0891. The van der Waals surface area contributed by atoms with Crippen molar-refractivity contribution in [2.24, 2.45) is 0 Å². The molecule has 0 atom stereocenters. The van der Waals surface area contributed by atoms with Gasteiger partial charge in [-0.1, -0.05) is 0 Å². The van der Waals surface area contributed by atoms with Crippen molar-refractivity contribution in [1.29, 1.82) is 0 Å². The zero-order valence-electron chi connectivity index (χ0n) is 14.6. The molecule has 7 heteroatoms. The number of ether oxygens (including phenoxy) is 3. The first-order chi connectivity index (χ1) is 12.5. The molecule has 0 unspecified atom stereocenters. The molecule has 0 heterocycles. The first kappa shape index (κ1) is 19.2. The molecule has 0 saturated heterocycles. The molecule has 26 heavy (non-hydrogen) atoms. The van der Waals surface area contributed by atoms with Gasteiger partial charge in [0.25, 0.3) is 5.91 Å². The molecule has 0 aliphatic rings.